The van der Waals surface area contributed by atoms with Gasteiger partial charge in [0.2, 0.25) is 0 Å². The number of aromatic hydroxyl groups is 1. The Labute approximate surface area is 102 Å². The third kappa shape index (κ3) is 3.20. The van der Waals surface area contributed by atoms with E-state index in [1.54, 1.807) is 6.07 Å². The van der Waals surface area contributed by atoms with Gasteiger partial charge in [0, 0.05) is 17.6 Å². The molecule has 0 heterocycles. The molecular weight excluding hydrogens is 214 g/mol. The maximum Gasteiger partial charge on any atom is 0.120 e. The quantitative estimate of drug-likeness (QED) is 0.753. The number of phenols is 1. The SMILES string of the molecule is CC(NC1CCCC(O)C1)c1ccccc1O. The first-order chi connectivity index (χ1) is 8.16. The standard InChI is InChI=1S/C14H21NO2/c1-10(13-7-2-3-8-14(13)17)15-11-5-4-6-12(16)9-11/h2-3,7-8,10-12,15-17H,4-6,9H2,1H3. The van der Waals surface area contributed by atoms with E-state index in [4.69, 9.17) is 0 Å². The average molecular weight is 235 g/mol. The number of nitrogens with one attached hydrogen (secondary N) is 1. The normalized spacial score (nSPS) is 26.7. The molecule has 3 nitrogen and oxygen atoms in total. The predicted molar refractivity (Wildman–Crippen MR) is 67.9 cm³/mol. The van der Waals surface area contributed by atoms with E-state index in [1.165, 1.54) is 0 Å². The summed E-state index contributed by atoms with van der Waals surface area (Å²) in [6, 6.07) is 7.88. The number of phenolic OH excluding ortho intramolecular Hbond substituents is 1. The summed E-state index contributed by atoms with van der Waals surface area (Å²) in [7, 11) is 0. The molecule has 0 bridgehead atoms. The molecule has 0 radical (unpaired) electrons. The molecule has 3 heteroatoms. The van der Waals surface area contributed by atoms with Crippen molar-refractivity contribution in [2.75, 3.05) is 0 Å². The summed E-state index contributed by atoms with van der Waals surface area (Å²) < 4.78 is 0. The lowest BCUT2D eigenvalue weighted by atomic mass is 9.92. The first kappa shape index (κ1) is 12.4. The van der Waals surface area contributed by atoms with Gasteiger partial charge in [-0.25, -0.2) is 0 Å². The summed E-state index contributed by atoms with van der Waals surface area (Å²) in [5.74, 6) is 0.337. The Bertz CT molecular complexity index is 367. The van der Waals surface area contributed by atoms with Crippen LogP contribution in [0.15, 0.2) is 24.3 Å². The number of hydrogen-bond donors (Lipinski definition) is 3. The Hall–Kier alpha value is -1.06. The second-order valence-corrected chi connectivity index (χ2v) is 4.96. The van der Waals surface area contributed by atoms with Crippen molar-refractivity contribution in [1.82, 2.24) is 5.32 Å². The largest absolute Gasteiger partial charge is 0.508 e. The highest BCUT2D eigenvalue weighted by atomic mass is 16.3. The van der Waals surface area contributed by atoms with Gasteiger partial charge < -0.3 is 15.5 Å². The molecule has 1 saturated carbocycles. The molecule has 1 aromatic rings. The van der Waals surface area contributed by atoms with Gasteiger partial charge in [0.15, 0.2) is 0 Å². The van der Waals surface area contributed by atoms with Crippen LogP contribution >= 0.6 is 0 Å². The maximum absolute atomic E-state index is 9.77. The summed E-state index contributed by atoms with van der Waals surface area (Å²) in [4.78, 5) is 0. The Kier molecular flexibility index (Phi) is 4.02. The van der Waals surface area contributed by atoms with E-state index in [9.17, 15) is 10.2 Å². The van der Waals surface area contributed by atoms with E-state index < -0.39 is 0 Å². The van der Waals surface area contributed by atoms with Crippen LogP contribution in [-0.2, 0) is 0 Å². The summed E-state index contributed by atoms with van der Waals surface area (Å²) in [5.41, 5.74) is 0.924. The molecule has 1 fully saturated rings. The van der Waals surface area contributed by atoms with Crippen LogP contribution < -0.4 is 5.32 Å². The third-order valence-electron chi connectivity index (χ3n) is 3.54. The van der Waals surface area contributed by atoms with Gasteiger partial charge in [-0.1, -0.05) is 18.2 Å². The molecule has 1 aliphatic rings. The lowest BCUT2D eigenvalue weighted by Gasteiger charge is -2.29. The highest BCUT2D eigenvalue weighted by Gasteiger charge is 2.22. The predicted octanol–water partition coefficient (Wildman–Crippen LogP) is 2.35. The van der Waals surface area contributed by atoms with Crippen LogP contribution in [0, 0.1) is 0 Å². The molecule has 0 amide bonds. The monoisotopic (exact) mass is 235 g/mol. The zero-order chi connectivity index (χ0) is 12.3. The number of rotatable bonds is 3. The Morgan fingerprint density at radius 3 is 2.76 bits per heavy atom. The minimum Gasteiger partial charge on any atom is -0.508 e. The van der Waals surface area contributed by atoms with Gasteiger partial charge in [-0.3, -0.25) is 0 Å². The molecule has 1 aliphatic carbocycles. The van der Waals surface area contributed by atoms with Crippen LogP contribution in [-0.4, -0.2) is 22.4 Å². The topological polar surface area (TPSA) is 52.5 Å². The fraction of sp³-hybridized carbons (Fsp3) is 0.571. The van der Waals surface area contributed by atoms with Crippen molar-refractivity contribution in [3.05, 3.63) is 29.8 Å². The van der Waals surface area contributed by atoms with Gasteiger partial charge in [-0.05, 0) is 38.7 Å². The molecule has 0 saturated heterocycles. The average Bonchev–Trinajstić information content (AvgIpc) is 2.29. The summed E-state index contributed by atoms with van der Waals surface area (Å²) in [6.07, 6.45) is 3.75. The zero-order valence-corrected chi connectivity index (χ0v) is 10.3. The maximum atomic E-state index is 9.77. The Morgan fingerprint density at radius 2 is 2.06 bits per heavy atom. The van der Waals surface area contributed by atoms with Crippen LogP contribution in [0.1, 0.15) is 44.2 Å². The van der Waals surface area contributed by atoms with Crippen molar-refractivity contribution >= 4 is 0 Å². The summed E-state index contributed by atoms with van der Waals surface area (Å²) >= 11 is 0. The molecule has 0 aromatic heterocycles. The highest BCUT2D eigenvalue weighted by Crippen LogP contribution is 2.26. The summed E-state index contributed by atoms with van der Waals surface area (Å²) in [5, 5.41) is 22.9. The molecule has 3 unspecified atom stereocenters. The van der Waals surface area contributed by atoms with Gasteiger partial charge >= 0.3 is 0 Å². The molecule has 1 aromatic carbocycles. The van der Waals surface area contributed by atoms with E-state index >= 15 is 0 Å². The number of aliphatic hydroxyl groups excluding tert-OH is 1. The lowest BCUT2D eigenvalue weighted by Crippen LogP contribution is -2.37. The van der Waals surface area contributed by atoms with Crippen LogP contribution in [0.25, 0.3) is 0 Å². The third-order valence-corrected chi connectivity index (χ3v) is 3.54. The molecule has 3 atom stereocenters. The molecule has 3 N–H and O–H groups in total. The van der Waals surface area contributed by atoms with Crippen molar-refractivity contribution < 1.29 is 10.2 Å². The van der Waals surface area contributed by atoms with Crippen LogP contribution in [0.2, 0.25) is 0 Å². The van der Waals surface area contributed by atoms with E-state index in [1.807, 2.05) is 18.2 Å². The molecule has 0 aliphatic heterocycles. The summed E-state index contributed by atoms with van der Waals surface area (Å²) in [6.45, 7) is 2.05. The molecule has 2 rings (SSSR count). The van der Waals surface area contributed by atoms with E-state index in [0.717, 1.165) is 31.2 Å². The fourth-order valence-electron chi connectivity index (χ4n) is 2.61. The second kappa shape index (κ2) is 5.52. The lowest BCUT2D eigenvalue weighted by molar-refractivity contribution is 0.109. The van der Waals surface area contributed by atoms with E-state index in [0.29, 0.717) is 11.8 Å². The first-order valence-corrected chi connectivity index (χ1v) is 6.39. The Morgan fingerprint density at radius 1 is 1.29 bits per heavy atom. The molecule has 0 spiro atoms. The van der Waals surface area contributed by atoms with Gasteiger partial charge in [0.05, 0.1) is 6.10 Å². The molecule has 94 valence electrons. The van der Waals surface area contributed by atoms with Crippen molar-refractivity contribution in [3.63, 3.8) is 0 Å². The number of benzene rings is 1. The van der Waals surface area contributed by atoms with E-state index in [2.05, 4.69) is 12.2 Å². The van der Waals surface area contributed by atoms with Gasteiger partial charge in [0.1, 0.15) is 5.75 Å². The molecular formula is C14H21NO2. The minimum absolute atomic E-state index is 0.117. The van der Waals surface area contributed by atoms with Crippen molar-refractivity contribution in [2.45, 2.75) is 50.8 Å². The van der Waals surface area contributed by atoms with E-state index in [-0.39, 0.29) is 12.1 Å². The van der Waals surface area contributed by atoms with Crippen molar-refractivity contribution in [2.24, 2.45) is 0 Å². The van der Waals surface area contributed by atoms with Gasteiger partial charge in [-0.2, -0.15) is 0 Å². The first-order valence-electron chi connectivity index (χ1n) is 6.39. The minimum atomic E-state index is -0.169. The van der Waals surface area contributed by atoms with Crippen LogP contribution in [0.4, 0.5) is 0 Å². The second-order valence-electron chi connectivity index (χ2n) is 4.96. The van der Waals surface area contributed by atoms with Gasteiger partial charge in [0.25, 0.3) is 0 Å². The highest BCUT2D eigenvalue weighted by molar-refractivity contribution is 5.34. The van der Waals surface area contributed by atoms with Gasteiger partial charge in [-0.15, -0.1) is 0 Å². The number of aliphatic hydroxyl groups is 1. The zero-order valence-electron chi connectivity index (χ0n) is 10.3. The van der Waals surface area contributed by atoms with Crippen LogP contribution in [0.3, 0.4) is 0 Å². The smallest absolute Gasteiger partial charge is 0.120 e. The molecule has 17 heavy (non-hydrogen) atoms. The fourth-order valence-corrected chi connectivity index (χ4v) is 2.61. The Balaban J connectivity index is 1.97. The number of para-hydroxylation sites is 1. The van der Waals surface area contributed by atoms with Crippen molar-refractivity contribution in [1.29, 1.82) is 0 Å². The van der Waals surface area contributed by atoms with Crippen molar-refractivity contribution in [3.8, 4) is 5.75 Å². The number of hydrogen-bond acceptors (Lipinski definition) is 3. The van der Waals surface area contributed by atoms with Crippen LogP contribution in [0.5, 0.6) is 5.75 Å².